The molecule has 4 heteroatoms. The van der Waals surface area contributed by atoms with E-state index in [1.54, 1.807) is 0 Å². The fourth-order valence-corrected chi connectivity index (χ4v) is 0.783. The van der Waals surface area contributed by atoms with Crippen molar-refractivity contribution in [2.75, 3.05) is 20.8 Å². The molecule has 0 fully saturated rings. The van der Waals surface area contributed by atoms with Gasteiger partial charge in [-0.15, -0.1) is 0 Å². The minimum atomic E-state index is -0.727. The van der Waals surface area contributed by atoms with Gasteiger partial charge in [-0.25, -0.2) is 0 Å². The molecule has 0 bridgehead atoms. The quantitative estimate of drug-likeness (QED) is 0.540. The number of aldehydes is 1. The SMILES string of the molecule is COC[C@@H](O)C(CC=O)OC. The maximum Gasteiger partial charge on any atom is 0.122 e. The average molecular weight is 162 g/mol. The van der Waals surface area contributed by atoms with Crippen LogP contribution in [-0.2, 0) is 14.3 Å². The normalized spacial score (nSPS) is 15.9. The highest BCUT2D eigenvalue weighted by Crippen LogP contribution is 2.01. The van der Waals surface area contributed by atoms with Crippen molar-refractivity contribution in [1.29, 1.82) is 0 Å². The van der Waals surface area contributed by atoms with Crippen molar-refractivity contribution < 1.29 is 19.4 Å². The first-order chi connectivity index (χ1) is 5.26. The molecule has 0 aromatic carbocycles. The zero-order valence-corrected chi connectivity index (χ0v) is 6.82. The molecule has 0 aromatic rings. The molecule has 0 spiro atoms. The van der Waals surface area contributed by atoms with Gasteiger partial charge in [0.1, 0.15) is 12.4 Å². The molecular formula is C7H14O4. The zero-order valence-electron chi connectivity index (χ0n) is 6.82. The van der Waals surface area contributed by atoms with E-state index < -0.39 is 12.2 Å². The van der Waals surface area contributed by atoms with Crippen molar-refractivity contribution in [3.63, 3.8) is 0 Å². The third-order valence-electron chi connectivity index (χ3n) is 1.40. The highest BCUT2D eigenvalue weighted by atomic mass is 16.5. The second kappa shape index (κ2) is 6.27. The van der Waals surface area contributed by atoms with E-state index in [1.807, 2.05) is 0 Å². The first-order valence-corrected chi connectivity index (χ1v) is 3.39. The van der Waals surface area contributed by atoms with Crippen LogP contribution in [0.2, 0.25) is 0 Å². The summed E-state index contributed by atoms with van der Waals surface area (Å²) in [6.07, 6.45) is -0.267. The summed E-state index contributed by atoms with van der Waals surface area (Å²) in [5.74, 6) is 0. The molecule has 66 valence electrons. The van der Waals surface area contributed by atoms with Gasteiger partial charge in [-0.1, -0.05) is 0 Å². The molecule has 0 radical (unpaired) electrons. The maximum absolute atomic E-state index is 10.1. The lowest BCUT2D eigenvalue weighted by Crippen LogP contribution is -2.32. The van der Waals surface area contributed by atoms with Crippen molar-refractivity contribution in [3.8, 4) is 0 Å². The van der Waals surface area contributed by atoms with Crippen LogP contribution < -0.4 is 0 Å². The lowest BCUT2D eigenvalue weighted by Gasteiger charge is -2.18. The third kappa shape index (κ3) is 4.08. The lowest BCUT2D eigenvalue weighted by atomic mass is 10.1. The Morgan fingerprint density at radius 1 is 1.55 bits per heavy atom. The third-order valence-corrected chi connectivity index (χ3v) is 1.40. The van der Waals surface area contributed by atoms with Crippen LogP contribution >= 0.6 is 0 Å². The molecule has 1 N–H and O–H groups in total. The Labute approximate surface area is 66.1 Å². The summed E-state index contributed by atoms with van der Waals surface area (Å²) in [6, 6.07) is 0. The number of rotatable bonds is 6. The van der Waals surface area contributed by atoms with Crippen LogP contribution in [0.15, 0.2) is 0 Å². The molecule has 0 rings (SSSR count). The number of ether oxygens (including phenoxy) is 2. The van der Waals surface area contributed by atoms with Gasteiger partial charge in [-0.3, -0.25) is 0 Å². The highest BCUT2D eigenvalue weighted by molar-refractivity contribution is 5.50. The summed E-state index contributed by atoms with van der Waals surface area (Å²) in [7, 11) is 2.93. The van der Waals surface area contributed by atoms with Crippen LogP contribution in [0.25, 0.3) is 0 Å². The van der Waals surface area contributed by atoms with Crippen LogP contribution in [0.3, 0.4) is 0 Å². The number of aliphatic hydroxyl groups is 1. The summed E-state index contributed by atoms with van der Waals surface area (Å²) in [6.45, 7) is 0.187. The summed E-state index contributed by atoms with van der Waals surface area (Å²) < 4.78 is 9.53. The number of methoxy groups -OCH3 is 2. The summed E-state index contributed by atoms with van der Waals surface area (Å²) in [4.78, 5) is 10.1. The van der Waals surface area contributed by atoms with E-state index in [0.29, 0.717) is 6.29 Å². The van der Waals surface area contributed by atoms with Crippen molar-refractivity contribution in [2.24, 2.45) is 0 Å². The van der Waals surface area contributed by atoms with Gasteiger partial charge in [0.05, 0.1) is 12.7 Å². The summed E-state index contributed by atoms with van der Waals surface area (Å²) >= 11 is 0. The highest BCUT2D eigenvalue weighted by Gasteiger charge is 2.17. The maximum atomic E-state index is 10.1. The Bertz CT molecular complexity index is 105. The van der Waals surface area contributed by atoms with Gasteiger partial charge in [0, 0.05) is 20.6 Å². The van der Waals surface area contributed by atoms with E-state index >= 15 is 0 Å². The van der Waals surface area contributed by atoms with Gasteiger partial charge in [0.15, 0.2) is 0 Å². The number of hydrogen-bond donors (Lipinski definition) is 1. The standard InChI is InChI=1S/C7H14O4/c1-10-5-6(9)7(11-2)3-4-8/h4,6-7,9H,3,5H2,1-2H3/t6-,7?/m1/s1. The molecule has 0 amide bonds. The number of carbonyl (C=O) groups is 1. The van der Waals surface area contributed by atoms with Crippen LogP contribution in [0, 0.1) is 0 Å². The van der Waals surface area contributed by atoms with Crippen molar-refractivity contribution in [3.05, 3.63) is 0 Å². The summed E-state index contributed by atoms with van der Waals surface area (Å²) in [5.41, 5.74) is 0. The first-order valence-electron chi connectivity index (χ1n) is 3.39. The summed E-state index contributed by atoms with van der Waals surface area (Å²) in [5, 5.41) is 9.23. The van der Waals surface area contributed by atoms with Crippen LogP contribution in [-0.4, -0.2) is 44.4 Å². The second-order valence-electron chi connectivity index (χ2n) is 2.20. The van der Waals surface area contributed by atoms with E-state index in [4.69, 9.17) is 4.74 Å². The van der Waals surface area contributed by atoms with Crippen molar-refractivity contribution >= 4 is 6.29 Å². The van der Waals surface area contributed by atoms with Gasteiger partial charge in [-0.05, 0) is 0 Å². The Balaban J connectivity index is 3.70. The number of hydrogen-bond acceptors (Lipinski definition) is 4. The molecule has 4 nitrogen and oxygen atoms in total. The van der Waals surface area contributed by atoms with E-state index in [1.165, 1.54) is 14.2 Å². The van der Waals surface area contributed by atoms with Gasteiger partial charge in [0.2, 0.25) is 0 Å². The molecule has 0 heterocycles. The van der Waals surface area contributed by atoms with E-state index in [2.05, 4.69) is 4.74 Å². The molecule has 0 aliphatic rings. The Morgan fingerprint density at radius 3 is 2.55 bits per heavy atom. The fraction of sp³-hybridized carbons (Fsp3) is 0.857. The second-order valence-corrected chi connectivity index (χ2v) is 2.20. The average Bonchev–Trinajstić information content (AvgIpc) is 2.00. The van der Waals surface area contributed by atoms with Gasteiger partial charge < -0.3 is 19.4 Å². The van der Waals surface area contributed by atoms with Crippen LogP contribution in [0.1, 0.15) is 6.42 Å². The number of carbonyl (C=O) groups excluding carboxylic acids is 1. The molecule has 11 heavy (non-hydrogen) atoms. The molecule has 1 unspecified atom stereocenters. The van der Waals surface area contributed by atoms with Crippen LogP contribution in [0.4, 0.5) is 0 Å². The van der Waals surface area contributed by atoms with Gasteiger partial charge >= 0.3 is 0 Å². The Morgan fingerprint density at radius 2 is 2.18 bits per heavy atom. The fourth-order valence-electron chi connectivity index (χ4n) is 0.783. The predicted octanol–water partition coefficient (Wildman–Crippen LogP) is -0.402. The molecule has 2 atom stereocenters. The first kappa shape index (κ1) is 10.6. The van der Waals surface area contributed by atoms with Gasteiger partial charge in [-0.2, -0.15) is 0 Å². The molecule has 0 saturated carbocycles. The van der Waals surface area contributed by atoms with E-state index in [9.17, 15) is 9.90 Å². The molecule has 0 aliphatic carbocycles. The van der Waals surface area contributed by atoms with E-state index in [-0.39, 0.29) is 13.0 Å². The molecule has 0 aromatic heterocycles. The van der Waals surface area contributed by atoms with E-state index in [0.717, 1.165) is 0 Å². The van der Waals surface area contributed by atoms with Crippen LogP contribution in [0.5, 0.6) is 0 Å². The zero-order chi connectivity index (χ0) is 8.69. The van der Waals surface area contributed by atoms with Crippen molar-refractivity contribution in [1.82, 2.24) is 0 Å². The smallest absolute Gasteiger partial charge is 0.122 e. The number of aliphatic hydroxyl groups excluding tert-OH is 1. The Kier molecular flexibility index (Phi) is 6.02. The van der Waals surface area contributed by atoms with Gasteiger partial charge in [0.25, 0.3) is 0 Å². The predicted molar refractivity (Wildman–Crippen MR) is 39.4 cm³/mol. The molecule has 0 saturated heterocycles. The Hall–Kier alpha value is -0.450. The molecular weight excluding hydrogens is 148 g/mol. The lowest BCUT2D eigenvalue weighted by molar-refractivity contribution is -0.113. The minimum absolute atomic E-state index is 0.187. The molecule has 0 aliphatic heterocycles. The minimum Gasteiger partial charge on any atom is -0.388 e. The monoisotopic (exact) mass is 162 g/mol. The van der Waals surface area contributed by atoms with Crippen molar-refractivity contribution in [2.45, 2.75) is 18.6 Å². The largest absolute Gasteiger partial charge is 0.388 e. The topological polar surface area (TPSA) is 55.8 Å².